The summed E-state index contributed by atoms with van der Waals surface area (Å²) in [6, 6.07) is 58.3. The molecular formula is C46H32N4O. The van der Waals surface area contributed by atoms with E-state index in [4.69, 9.17) is 14.4 Å². The van der Waals surface area contributed by atoms with Crippen LogP contribution in [0.25, 0.3) is 60.6 Å². The van der Waals surface area contributed by atoms with Crippen molar-refractivity contribution in [2.24, 2.45) is 15.0 Å². The molecule has 9 aromatic rings. The molecule has 5 heteroatoms. The zero-order valence-electron chi connectivity index (χ0n) is 27.8. The van der Waals surface area contributed by atoms with Gasteiger partial charge in [-0.05, 0) is 48.2 Å². The van der Waals surface area contributed by atoms with Gasteiger partial charge in [0.15, 0.2) is 11.7 Å². The van der Waals surface area contributed by atoms with Crippen LogP contribution in [0.15, 0.2) is 189 Å². The maximum absolute atomic E-state index is 6.76. The molecule has 0 radical (unpaired) electrons. The lowest BCUT2D eigenvalue weighted by molar-refractivity contribution is 0.663. The molecule has 0 bridgehead atoms. The van der Waals surface area contributed by atoms with Gasteiger partial charge in [0, 0.05) is 43.9 Å². The zero-order chi connectivity index (χ0) is 34.1. The van der Waals surface area contributed by atoms with Gasteiger partial charge < -0.3 is 8.98 Å². The van der Waals surface area contributed by atoms with E-state index in [1.807, 2.05) is 66.7 Å². The quantitative estimate of drug-likeness (QED) is 0.130. The molecule has 0 fully saturated rings. The predicted octanol–water partition coefficient (Wildman–Crippen LogP) is 11.4. The number of aromatic nitrogens is 1. The number of hydrogen-bond donors (Lipinski definition) is 0. The zero-order valence-corrected chi connectivity index (χ0v) is 27.8. The molecule has 0 saturated carbocycles. The van der Waals surface area contributed by atoms with Crippen molar-refractivity contribution in [2.45, 2.75) is 6.54 Å². The van der Waals surface area contributed by atoms with Gasteiger partial charge in [-0.1, -0.05) is 140 Å². The van der Waals surface area contributed by atoms with Crippen molar-refractivity contribution < 1.29 is 4.42 Å². The smallest absolute Gasteiger partial charge is 0.161 e. The van der Waals surface area contributed by atoms with Crippen LogP contribution in [0.5, 0.6) is 0 Å². The highest BCUT2D eigenvalue weighted by atomic mass is 16.3. The Morgan fingerprint density at radius 1 is 0.569 bits per heavy atom. The van der Waals surface area contributed by atoms with Gasteiger partial charge in [-0.15, -0.1) is 0 Å². The molecule has 0 atom stereocenters. The summed E-state index contributed by atoms with van der Waals surface area (Å²) < 4.78 is 9.11. The molecule has 0 spiro atoms. The molecule has 2 heterocycles. The number of nitrogens with zero attached hydrogens (tertiary/aromatic N) is 4. The molecule has 5 nitrogen and oxygen atoms in total. The van der Waals surface area contributed by atoms with Gasteiger partial charge in [0.1, 0.15) is 11.2 Å². The van der Waals surface area contributed by atoms with Crippen molar-refractivity contribution in [3.8, 4) is 16.8 Å². The Morgan fingerprint density at radius 2 is 1.16 bits per heavy atom. The second kappa shape index (κ2) is 12.9. The second-order valence-corrected chi connectivity index (χ2v) is 12.5. The molecule has 7 aromatic carbocycles. The normalized spacial score (nSPS) is 12.3. The summed E-state index contributed by atoms with van der Waals surface area (Å²) in [6.45, 7) is 4.17. The average Bonchev–Trinajstić information content (AvgIpc) is 3.75. The van der Waals surface area contributed by atoms with Gasteiger partial charge in [0.25, 0.3) is 0 Å². The third kappa shape index (κ3) is 5.42. The maximum atomic E-state index is 6.76. The first-order valence-electron chi connectivity index (χ1n) is 17.0. The number of aliphatic imine (C=N–C) groups is 3. The van der Waals surface area contributed by atoms with Gasteiger partial charge in [-0.2, -0.15) is 0 Å². The fourth-order valence-electron chi connectivity index (χ4n) is 7.11. The number of rotatable bonds is 6. The summed E-state index contributed by atoms with van der Waals surface area (Å²) in [7, 11) is 0. The summed E-state index contributed by atoms with van der Waals surface area (Å²) >= 11 is 0. The summed E-state index contributed by atoms with van der Waals surface area (Å²) in [6.07, 6.45) is 0. The second-order valence-electron chi connectivity index (χ2n) is 12.5. The molecular weight excluding hydrogens is 625 g/mol. The highest BCUT2D eigenvalue weighted by molar-refractivity contribution is 6.15. The Kier molecular flexibility index (Phi) is 7.63. The van der Waals surface area contributed by atoms with Crippen LogP contribution in [0.2, 0.25) is 0 Å². The highest BCUT2D eigenvalue weighted by Crippen LogP contribution is 2.41. The summed E-state index contributed by atoms with van der Waals surface area (Å²) in [5.41, 5.74) is 9.94. The van der Waals surface area contributed by atoms with Gasteiger partial charge in [-0.25, -0.2) is 9.98 Å². The van der Waals surface area contributed by atoms with Crippen molar-refractivity contribution >= 4 is 62.1 Å². The topological polar surface area (TPSA) is 55.1 Å². The lowest BCUT2D eigenvalue weighted by Gasteiger charge is -2.11. The lowest BCUT2D eigenvalue weighted by Crippen LogP contribution is -2.05. The van der Waals surface area contributed by atoms with E-state index in [9.17, 15) is 0 Å². The molecule has 0 saturated heterocycles. The van der Waals surface area contributed by atoms with Crippen LogP contribution in [0, 0.1) is 0 Å². The molecule has 0 aliphatic heterocycles. The third-order valence-corrected chi connectivity index (χ3v) is 9.41. The van der Waals surface area contributed by atoms with Gasteiger partial charge in [0.2, 0.25) is 0 Å². The number of para-hydroxylation sites is 2. The Bertz CT molecular complexity index is 2720. The van der Waals surface area contributed by atoms with Crippen molar-refractivity contribution in [2.75, 3.05) is 0 Å². The van der Waals surface area contributed by atoms with E-state index < -0.39 is 0 Å². The Hall–Kier alpha value is -6.85. The molecule has 242 valence electrons. The maximum Gasteiger partial charge on any atom is 0.161 e. The molecule has 51 heavy (non-hydrogen) atoms. The van der Waals surface area contributed by atoms with Gasteiger partial charge in [0.05, 0.1) is 17.6 Å². The van der Waals surface area contributed by atoms with Crippen molar-refractivity contribution in [1.82, 2.24) is 4.57 Å². The van der Waals surface area contributed by atoms with Crippen LogP contribution in [0.4, 0.5) is 0 Å². The molecule has 0 amide bonds. The Labute approximate surface area is 295 Å². The largest absolute Gasteiger partial charge is 0.456 e. The number of furan rings is 1. The first-order valence-corrected chi connectivity index (χ1v) is 17.0. The minimum atomic E-state index is 0.328. The first-order chi connectivity index (χ1) is 25.3. The molecule has 2 aromatic heterocycles. The minimum Gasteiger partial charge on any atom is -0.456 e. The van der Waals surface area contributed by atoms with Crippen LogP contribution < -0.4 is 0 Å². The number of amidine groups is 2. The average molecular weight is 657 g/mol. The van der Waals surface area contributed by atoms with E-state index in [1.165, 1.54) is 10.8 Å². The van der Waals surface area contributed by atoms with E-state index in [1.54, 1.807) is 0 Å². The van der Waals surface area contributed by atoms with Gasteiger partial charge in [-0.3, -0.25) is 4.99 Å². The number of hydrogen-bond acceptors (Lipinski definition) is 2. The molecule has 0 N–H and O–H groups in total. The fraction of sp³-hybridized carbons (Fsp3) is 0.0217. The van der Waals surface area contributed by atoms with E-state index in [-0.39, 0.29) is 0 Å². The minimum absolute atomic E-state index is 0.328. The van der Waals surface area contributed by atoms with E-state index >= 15 is 0 Å². The first kappa shape index (κ1) is 30.2. The number of fused-ring (bicyclic) bond motifs is 6. The summed E-state index contributed by atoms with van der Waals surface area (Å²) in [5, 5.41) is 4.54. The lowest BCUT2D eigenvalue weighted by atomic mass is 9.98. The van der Waals surface area contributed by atoms with E-state index in [2.05, 4.69) is 119 Å². The monoisotopic (exact) mass is 656 g/mol. The Balaban J connectivity index is 1.31. The number of benzene rings is 7. The van der Waals surface area contributed by atoms with Crippen molar-refractivity contribution in [1.29, 1.82) is 0 Å². The van der Waals surface area contributed by atoms with Crippen molar-refractivity contribution in [3.63, 3.8) is 0 Å². The predicted molar refractivity (Wildman–Crippen MR) is 213 cm³/mol. The molecule has 9 rings (SSSR count). The van der Waals surface area contributed by atoms with Crippen LogP contribution in [0.1, 0.15) is 16.7 Å². The SMILES string of the molecule is C=NC(=NC(=NCc1cc(-n2c3ccccc3c3ccccc32)cc2c1oc1cccc(-c3ccccc3)c12)c1ccccc1)c1ccccc1. The van der Waals surface area contributed by atoms with Crippen molar-refractivity contribution in [3.05, 3.63) is 187 Å². The van der Waals surface area contributed by atoms with Gasteiger partial charge >= 0.3 is 0 Å². The molecule has 0 aliphatic rings. The fourth-order valence-corrected chi connectivity index (χ4v) is 7.11. The molecule has 0 aliphatic carbocycles. The third-order valence-electron chi connectivity index (χ3n) is 9.41. The van der Waals surface area contributed by atoms with Crippen LogP contribution in [-0.2, 0) is 6.54 Å². The standard InChI is InChI=1S/C46H32N4O/c1-47-45(32-18-7-3-8-19-32)49-46(33-20-9-4-10-21-33)48-30-34-28-35(50-40-25-13-11-22-37(40)38-23-12-14-26-41(38)50)29-39-43-36(31-16-5-2-6-17-31)24-15-27-42(43)51-44(34)39/h2-29H,1,30H2. The highest BCUT2D eigenvalue weighted by Gasteiger charge is 2.20. The van der Waals surface area contributed by atoms with Crippen LogP contribution >= 0.6 is 0 Å². The summed E-state index contributed by atoms with van der Waals surface area (Å²) in [4.78, 5) is 14.5. The Morgan fingerprint density at radius 3 is 1.80 bits per heavy atom. The van der Waals surface area contributed by atoms with E-state index in [0.717, 1.165) is 66.5 Å². The van der Waals surface area contributed by atoms with Crippen LogP contribution in [-0.4, -0.2) is 23.0 Å². The summed E-state index contributed by atoms with van der Waals surface area (Å²) in [5.74, 6) is 1.08. The van der Waals surface area contributed by atoms with E-state index in [0.29, 0.717) is 18.2 Å². The molecule has 0 unspecified atom stereocenters. The van der Waals surface area contributed by atoms with Crippen LogP contribution in [0.3, 0.4) is 0 Å².